The number of rotatable bonds is 2. The summed E-state index contributed by atoms with van der Waals surface area (Å²) in [6, 6.07) is 1.43. The van der Waals surface area contributed by atoms with Gasteiger partial charge in [0.2, 0.25) is 0 Å². The first-order valence-corrected chi connectivity index (χ1v) is 5.87. The van der Waals surface area contributed by atoms with Gasteiger partial charge in [0.05, 0.1) is 0 Å². The van der Waals surface area contributed by atoms with E-state index in [1.807, 2.05) is 0 Å². The minimum Gasteiger partial charge on any atom is -0.381 e. The molecule has 14 heavy (non-hydrogen) atoms. The van der Waals surface area contributed by atoms with E-state index in [-0.39, 0.29) is 0 Å². The molecule has 82 valence electrons. The Morgan fingerprint density at radius 3 is 2.86 bits per heavy atom. The van der Waals surface area contributed by atoms with Crippen LogP contribution in [-0.2, 0) is 4.74 Å². The summed E-state index contributed by atoms with van der Waals surface area (Å²) in [4.78, 5) is 2.41. The Bertz CT molecular complexity index is 167. The summed E-state index contributed by atoms with van der Waals surface area (Å²) in [6.07, 6.45) is 5.02. The van der Waals surface area contributed by atoms with Crippen LogP contribution in [0.15, 0.2) is 0 Å². The van der Waals surface area contributed by atoms with Crippen LogP contribution in [0.25, 0.3) is 0 Å². The van der Waals surface area contributed by atoms with Gasteiger partial charge in [-0.1, -0.05) is 0 Å². The molecular formula is C11H22N2O. The first-order chi connectivity index (χ1) is 6.84. The van der Waals surface area contributed by atoms with Crippen LogP contribution in [0, 0.1) is 0 Å². The molecule has 0 aromatic rings. The van der Waals surface area contributed by atoms with Gasteiger partial charge in [0.1, 0.15) is 0 Å². The summed E-state index contributed by atoms with van der Waals surface area (Å²) in [6.45, 7) is 4.38. The lowest BCUT2D eigenvalue weighted by molar-refractivity contribution is 0.142. The molecule has 0 spiro atoms. The van der Waals surface area contributed by atoms with Gasteiger partial charge in [-0.2, -0.15) is 0 Å². The SMILES string of the molecule is CN1CCC(NC2CCCOCC2)C1. The summed E-state index contributed by atoms with van der Waals surface area (Å²) in [7, 11) is 2.21. The van der Waals surface area contributed by atoms with E-state index in [9.17, 15) is 0 Å². The fourth-order valence-corrected chi connectivity index (χ4v) is 2.47. The minimum absolute atomic E-state index is 0.703. The van der Waals surface area contributed by atoms with Crippen LogP contribution in [0.5, 0.6) is 0 Å². The first-order valence-electron chi connectivity index (χ1n) is 5.87. The van der Waals surface area contributed by atoms with Crippen molar-refractivity contribution in [2.45, 2.75) is 37.8 Å². The van der Waals surface area contributed by atoms with E-state index < -0.39 is 0 Å². The Morgan fingerprint density at radius 2 is 2.07 bits per heavy atom. The highest BCUT2D eigenvalue weighted by molar-refractivity contribution is 4.82. The fourth-order valence-electron chi connectivity index (χ4n) is 2.47. The van der Waals surface area contributed by atoms with E-state index in [0.29, 0.717) is 6.04 Å². The van der Waals surface area contributed by atoms with Gasteiger partial charge in [0, 0.05) is 31.8 Å². The molecule has 0 saturated carbocycles. The normalized spacial score (nSPS) is 35.8. The smallest absolute Gasteiger partial charge is 0.0480 e. The predicted molar refractivity (Wildman–Crippen MR) is 57.5 cm³/mol. The van der Waals surface area contributed by atoms with E-state index in [4.69, 9.17) is 4.74 Å². The Morgan fingerprint density at radius 1 is 1.14 bits per heavy atom. The van der Waals surface area contributed by atoms with Crippen molar-refractivity contribution in [1.29, 1.82) is 0 Å². The number of likely N-dealkylation sites (N-methyl/N-ethyl adjacent to an activating group) is 1. The molecule has 1 N–H and O–H groups in total. The number of hydrogen-bond donors (Lipinski definition) is 1. The van der Waals surface area contributed by atoms with Gasteiger partial charge in [-0.3, -0.25) is 0 Å². The average Bonchev–Trinajstić information content (AvgIpc) is 2.43. The monoisotopic (exact) mass is 198 g/mol. The van der Waals surface area contributed by atoms with Crippen LogP contribution >= 0.6 is 0 Å². The molecule has 0 bridgehead atoms. The zero-order valence-corrected chi connectivity index (χ0v) is 9.17. The van der Waals surface area contributed by atoms with Gasteiger partial charge >= 0.3 is 0 Å². The molecule has 3 nitrogen and oxygen atoms in total. The second-order valence-corrected chi connectivity index (χ2v) is 4.65. The van der Waals surface area contributed by atoms with Crippen LogP contribution in [0.2, 0.25) is 0 Å². The molecule has 0 radical (unpaired) electrons. The molecule has 0 aliphatic carbocycles. The lowest BCUT2D eigenvalue weighted by atomic mass is 10.1. The highest BCUT2D eigenvalue weighted by atomic mass is 16.5. The molecule has 0 amide bonds. The van der Waals surface area contributed by atoms with E-state index >= 15 is 0 Å². The highest BCUT2D eigenvalue weighted by Gasteiger charge is 2.22. The van der Waals surface area contributed by atoms with Gasteiger partial charge in [-0.15, -0.1) is 0 Å². The summed E-state index contributed by atoms with van der Waals surface area (Å²) < 4.78 is 5.46. The number of nitrogens with zero attached hydrogens (tertiary/aromatic N) is 1. The van der Waals surface area contributed by atoms with E-state index in [2.05, 4.69) is 17.3 Å². The van der Waals surface area contributed by atoms with Gasteiger partial charge in [0.15, 0.2) is 0 Å². The third-order valence-corrected chi connectivity index (χ3v) is 3.31. The van der Waals surface area contributed by atoms with Crippen molar-refractivity contribution in [2.24, 2.45) is 0 Å². The molecule has 2 aliphatic rings. The van der Waals surface area contributed by atoms with Crippen molar-refractivity contribution in [3.8, 4) is 0 Å². The molecular weight excluding hydrogens is 176 g/mol. The van der Waals surface area contributed by atoms with Crippen LogP contribution < -0.4 is 5.32 Å². The van der Waals surface area contributed by atoms with Crippen molar-refractivity contribution >= 4 is 0 Å². The fraction of sp³-hybridized carbons (Fsp3) is 1.00. The third-order valence-electron chi connectivity index (χ3n) is 3.31. The summed E-state index contributed by atoms with van der Waals surface area (Å²) in [5.74, 6) is 0. The maximum Gasteiger partial charge on any atom is 0.0480 e. The van der Waals surface area contributed by atoms with Crippen LogP contribution in [0.1, 0.15) is 25.7 Å². The molecule has 2 fully saturated rings. The van der Waals surface area contributed by atoms with Gasteiger partial charge in [-0.25, -0.2) is 0 Å². The maximum atomic E-state index is 5.46. The average molecular weight is 198 g/mol. The molecule has 2 heterocycles. The number of hydrogen-bond acceptors (Lipinski definition) is 3. The van der Waals surface area contributed by atoms with Crippen molar-refractivity contribution in [1.82, 2.24) is 10.2 Å². The second kappa shape index (κ2) is 5.10. The van der Waals surface area contributed by atoms with E-state index in [1.54, 1.807) is 0 Å². The Labute approximate surface area is 86.8 Å². The Kier molecular flexibility index (Phi) is 3.79. The number of likely N-dealkylation sites (tertiary alicyclic amines) is 1. The molecule has 2 atom stereocenters. The van der Waals surface area contributed by atoms with Gasteiger partial charge < -0.3 is 15.0 Å². The molecule has 2 saturated heterocycles. The standard InChI is InChI=1S/C11H22N2O/c1-13-6-4-11(9-13)12-10-3-2-7-14-8-5-10/h10-12H,2-9H2,1H3. The third kappa shape index (κ3) is 2.94. The summed E-state index contributed by atoms with van der Waals surface area (Å²) >= 11 is 0. The van der Waals surface area contributed by atoms with Crippen LogP contribution in [0.3, 0.4) is 0 Å². The first kappa shape index (κ1) is 10.4. The molecule has 2 unspecified atom stereocenters. The molecule has 3 heteroatoms. The predicted octanol–water partition coefficient (Wildman–Crippen LogP) is 0.849. The zero-order valence-electron chi connectivity index (χ0n) is 9.17. The van der Waals surface area contributed by atoms with Crippen molar-refractivity contribution < 1.29 is 4.74 Å². The molecule has 0 aromatic heterocycles. The Balaban J connectivity index is 1.72. The van der Waals surface area contributed by atoms with Crippen molar-refractivity contribution in [3.05, 3.63) is 0 Å². The minimum atomic E-state index is 0.703. The van der Waals surface area contributed by atoms with Crippen LogP contribution in [-0.4, -0.2) is 50.3 Å². The largest absolute Gasteiger partial charge is 0.381 e. The summed E-state index contributed by atoms with van der Waals surface area (Å²) in [5, 5.41) is 3.77. The quantitative estimate of drug-likeness (QED) is 0.712. The van der Waals surface area contributed by atoms with Crippen molar-refractivity contribution in [3.63, 3.8) is 0 Å². The maximum absolute atomic E-state index is 5.46. The molecule has 0 aromatic carbocycles. The summed E-state index contributed by atoms with van der Waals surface area (Å²) in [5.41, 5.74) is 0. The van der Waals surface area contributed by atoms with Gasteiger partial charge in [0.25, 0.3) is 0 Å². The Hall–Kier alpha value is -0.120. The zero-order chi connectivity index (χ0) is 9.80. The van der Waals surface area contributed by atoms with Crippen LogP contribution in [0.4, 0.5) is 0 Å². The van der Waals surface area contributed by atoms with E-state index in [0.717, 1.165) is 19.3 Å². The topological polar surface area (TPSA) is 24.5 Å². The van der Waals surface area contributed by atoms with Crippen molar-refractivity contribution in [2.75, 3.05) is 33.4 Å². The molecule has 2 rings (SSSR count). The van der Waals surface area contributed by atoms with Gasteiger partial charge in [-0.05, 0) is 39.3 Å². The number of ether oxygens (including phenoxy) is 1. The lowest BCUT2D eigenvalue weighted by Crippen LogP contribution is -2.39. The number of nitrogens with one attached hydrogen (secondary N) is 1. The second-order valence-electron chi connectivity index (χ2n) is 4.65. The lowest BCUT2D eigenvalue weighted by Gasteiger charge is -2.20. The van der Waals surface area contributed by atoms with E-state index in [1.165, 1.54) is 38.8 Å². The molecule has 2 aliphatic heterocycles. The highest BCUT2D eigenvalue weighted by Crippen LogP contribution is 2.12.